The van der Waals surface area contributed by atoms with Crippen molar-refractivity contribution in [1.82, 2.24) is 9.47 Å². The first-order valence-corrected chi connectivity index (χ1v) is 14.8. The monoisotopic (exact) mass is 595 g/mol. The second-order valence-electron chi connectivity index (χ2n) is 10.9. The molecule has 1 unspecified atom stereocenters. The predicted molar refractivity (Wildman–Crippen MR) is 160 cm³/mol. The maximum atomic E-state index is 15.4. The molecule has 0 saturated carbocycles. The highest BCUT2D eigenvalue weighted by atomic mass is 19.1. The highest BCUT2D eigenvalue weighted by Crippen LogP contribution is 2.45. The molecule has 43 heavy (non-hydrogen) atoms. The smallest absolute Gasteiger partial charge is 0.411 e. The van der Waals surface area contributed by atoms with Gasteiger partial charge in [0.1, 0.15) is 11.6 Å². The Kier molecular flexibility index (Phi) is 10.8. The van der Waals surface area contributed by atoms with Crippen molar-refractivity contribution < 1.29 is 33.3 Å². The fraction of sp³-hybridized carbons (Fsp3) is 0.455. The van der Waals surface area contributed by atoms with Crippen LogP contribution in [0.4, 0.5) is 19.3 Å². The van der Waals surface area contributed by atoms with Gasteiger partial charge in [-0.05, 0) is 54.5 Å². The van der Waals surface area contributed by atoms with E-state index in [0.717, 1.165) is 38.2 Å². The first kappa shape index (κ1) is 32.0. The number of carbonyl (C=O) groups excluding carboxylic acids is 2. The molecular formula is C33H39F2N3O5. The average molecular weight is 596 g/mol. The van der Waals surface area contributed by atoms with Crippen LogP contribution in [0.2, 0.25) is 0 Å². The summed E-state index contributed by atoms with van der Waals surface area (Å²) < 4.78 is 36.8. The number of halogens is 2. The zero-order chi connectivity index (χ0) is 31.1. The van der Waals surface area contributed by atoms with Crippen molar-refractivity contribution in [1.29, 1.82) is 0 Å². The lowest BCUT2D eigenvalue weighted by atomic mass is 9.85. The first-order chi connectivity index (χ1) is 20.7. The van der Waals surface area contributed by atoms with Crippen LogP contribution in [-0.2, 0) is 22.5 Å². The number of amides is 2. The fourth-order valence-electron chi connectivity index (χ4n) is 5.93. The van der Waals surface area contributed by atoms with Crippen LogP contribution in [0.1, 0.15) is 75.2 Å². The average Bonchev–Trinajstić information content (AvgIpc) is 3.30. The van der Waals surface area contributed by atoms with Crippen LogP contribution >= 0.6 is 0 Å². The fourth-order valence-corrected chi connectivity index (χ4v) is 5.93. The molecular weight excluding hydrogens is 556 g/mol. The Labute approximate surface area is 250 Å². The lowest BCUT2D eigenvalue weighted by molar-refractivity contribution is -0.130. The van der Waals surface area contributed by atoms with Gasteiger partial charge in [-0.1, -0.05) is 51.7 Å². The summed E-state index contributed by atoms with van der Waals surface area (Å²) in [5.74, 6) is 0.132. The number of unbranched alkanes of at least 4 members (excludes halogenated alkanes) is 3. The Bertz CT molecular complexity index is 1480. The van der Waals surface area contributed by atoms with Crippen LogP contribution in [0.3, 0.4) is 0 Å². The topological polar surface area (TPSA) is 104 Å². The van der Waals surface area contributed by atoms with E-state index in [-0.39, 0.29) is 18.1 Å². The van der Waals surface area contributed by atoms with Gasteiger partial charge in [-0.25, -0.2) is 13.6 Å². The standard InChI is InChI=1S/C33H39F2N3O5/c1-4-7-9-15-43-33(42)36-23-13-11-21(12-14-23)30-32-27(18-24(10-8-5-2)38(30)29(41)6-3)26-16-22(34)17-28(35)31(26)37(32)19-25(40)20-39/h3,11-14,16-17,24-25,30,39-40H,4-5,7-10,15,18-20H2,1-2H3,(H,36,42)/t24-,25?,30-/m0/s1. The van der Waals surface area contributed by atoms with E-state index in [1.807, 2.05) is 6.92 Å². The van der Waals surface area contributed by atoms with Gasteiger partial charge in [-0.2, -0.15) is 0 Å². The SMILES string of the molecule is C#CC(=O)N1[C@@H](CCCC)Cc2c(n(CC(O)CO)c3c(F)cc(F)cc23)[C@@H]1c1ccc(NC(=O)OCCCCC)cc1. The summed E-state index contributed by atoms with van der Waals surface area (Å²) in [6, 6.07) is 7.70. The van der Waals surface area contributed by atoms with E-state index in [0.29, 0.717) is 47.3 Å². The molecule has 3 atom stereocenters. The minimum absolute atomic E-state index is 0.0808. The predicted octanol–water partition coefficient (Wildman–Crippen LogP) is 5.68. The first-order valence-electron chi connectivity index (χ1n) is 14.8. The van der Waals surface area contributed by atoms with Crippen LogP contribution in [0.25, 0.3) is 10.9 Å². The Morgan fingerprint density at radius 1 is 1.14 bits per heavy atom. The zero-order valence-corrected chi connectivity index (χ0v) is 24.6. The lowest BCUT2D eigenvalue weighted by Gasteiger charge is -2.42. The summed E-state index contributed by atoms with van der Waals surface area (Å²) in [4.78, 5) is 27.3. The molecule has 1 aliphatic rings. The number of aromatic nitrogens is 1. The van der Waals surface area contributed by atoms with Gasteiger partial charge in [0, 0.05) is 28.9 Å². The number of rotatable bonds is 12. The highest BCUT2D eigenvalue weighted by molar-refractivity contribution is 5.95. The Morgan fingerprint density at radius 3 is 2.51 bits per heavy atom. The van der Waals surface area contributed by atoms with Gasteiger partial charge in [-0.3, -0.25) is 10.1 Å². The van der Waals surface area contributed by atoms with Crippen molar-refractivity contribution in [3.63, 3.8) is 0 Å². The number of hydrogen-bond donors (Lipinski definition) is 3. The number of aliphatic hydroxyl groups is 2. The van der Waals surface area contributed by atoms with Crippen molar-refractivity contribution in [2.75, 3.05) is 18.5 Å². The largest absolute Gasteiger partial charge is 0.449 e. The van der Waals surface area contributed by atoms with Crippen LogP contribution < -0.4 is 5.32 Å². The summed E-state index contributed by atoms with van der Waals surface area (Å²) in [5, 5.41) is 23.2. The molecule has 3 aromatic rings. The molecule has 8 nitrogen and oxygen atoms in total. The van der Waals surface area contributed by atoms with Gasteiger partial charge in [-0.15, -0.1) is 6.42 Å². The van der Waals surface area contributed by atoms with Gasteiger partial charge in [0.25, 0.3) is 5.91 Å². The summed E-state index contributed by atoms with van der Waals surface area (Å²) in [6.07, 6.45) is 9.17. The van der Waals surface area contributed by atoms with Gasteiger partial charge < -0.3 is 24.4 Å². The highest BCUT2D eigenvalue weighted by Gasteiger charge is 2.42. The number of anilines is 1. The van der Waals surface area contributed by atoms with Crippen LogP contribution in [0, 0.1) is 24.0 Å². The van der Waals surface area contributed by atoms with Crippen molar-refractivity contribution in [2.45, 2.75) is 83.5 Å². The van der Waals surface area contributed by atoms with Gasteiger partial charge in [0.15, 0.2) is 0 Å². The Morgan fingerprint density at radius 2 is 1.86 bits per heavy atom. The molecule has 3 N–H and O–H groups in total. The van der Waals surface area contributed by atoms with Gasteiger partial charge in [0.05, 0.1) is 37.4 Å². The van der Waals surface area contributed by atoms with E-state index < -0.39 is 42.4 Å². The van der Waals surface area contributed by atoms with Gasteiger partial charge in [0.2, 0.25) is 0 Å². The number of terminal acetylenes is 1. The summed E-state index contributed by atoms with van der Waals surface area (Å²) in [6.45, 7) is 3.63. The van der Waals surface area contributed by atoms with Crippen molar-refractivity contribution in [2.24, 2.45) is 0 Å². The minimum atomic E-state index is -1.24. The Balaban J connectivity index is 1.85. The third-order valence-electron chi connectivity index (χ3n) is 7.90. The van der Waals surface area contributed by atoms with Crippen LogP contribution in [0.5, 0.6) is 0 Å². The number of ether oxygens (including phenoxy) is 1. The molecule has 10 heteroatoms. The zero-order valence-electron chi connectivity index (χ0n) is 24.6. The molecule has 1 aromatic heterocycles. The maximum Gasteiger partial charge on any atom is 0.411 e. The van der Waals surface area contributed by atoms with E-state index in [2.05, 4.69) is 18.2 Å². The number of carbonyl (C=O) groups is 2. The second-order valence-corrected chi connectivity index (χ2v) is 10.9. The third kappa shape index (κ3) is 7.00. The maximum absolute atomic E-state index is 15.4. The van der Waals surface area contributed by atoms with E-state index in [4.69, 9.17) is 11.2 Å². The van der Waals surface area contributed by atoms with Crippen molar-refractivity contribution in [3.8, 4) is 12.3 Å². The molecule has 2 heterocycles. The van der Waals surface area contributed by atoms with Crippen LogP contribution in [0.15, 0.2) is 36.4 Å². The van der Waals surface area contributed by atoms with Crippen molar-refractivity contribution >= 4 is 28.6 Å². The second kappa shape index (κ2) is 14.5. The number of aliphatic hydroxyl groups excluding tert-OH is 2. The third-order valence-corrected chi connectivity index (χ3v) is 7.90. The van der Waals surface area contributed by atoms with Gasteiger partial charge >= 0.3 is 6.09 Å². The molecule has 0 fully saturated rings. The van der Waals surface area contributed by atoms with E-state index in [9.17, 15) is 24.2 Å². The molecule has 0 radical (unpaired) electrons. The number of hydrogen-bond acceptors (Lipinski definition) is 5. The summed E-state index contributed by atoms with van der Waals surface area (Å²) in [7, 11) is 0. The molecule has 4 rings (SSSR count). The van der Waals surface area contributed by atoms with Crippen LogP contribution in [-0.4, -0.2) is 57.0 Å². The molecule has 2 amide bonds. The number of benzene rings is 2. The summed E-state index contributed by atoms with van der Waals surface area (Å²) >= 11 is 0. The van der Waals surface area contributed by atoms with Crippen molar-refractivity contribution in [3.05, 3.63) is 64.9 Å². The minimum Gasteiger partial charge on any atom is -0.449 e. The number of fused-ring (bicyclic) bond motifs is 3. The molecule has 0 saturated heterocycles. The molecule has 0 bridgehead atoms. The molecule has 0 spiro atoms. The lowest BCUT2D eigenvalue weighted by Crippen LogP contribution is -2.48. The summed E-state index contributed by atoms with van der Waals surface area (Å²) in [5.41, 5.74) is 2.32. The van der Waals surface area contributed by atoms with E-state index in [1.165, 1.54) is 10.6 Å². The molecule has 0 aliphatic carbocycles. The molecule has 1 aliphatic heterocycles. The number of nitrogens with one attached hydrogen (secondary N) is 1. The number of nitrogens with zero attached hydrogens (tertiary/aromatic N) is 2. The molecule has 2 aromatic carbocycles. The van der Waals surface area contributed by atoms with E-state index >= 15 is 4.39 Å². The Hall–Kier alpha value is -3.94. The quantitative estimate of drug-likeness (QED) is 0.185. The molecule has 230 valence electrons. The van der Waals surface area contributed by atoms with E-state index in [1.54, 1.807) is 29.2 Å². The normalized spacial score (nSPS) is 16.9.